The van der Waals surface area contributed by atoms with Gasteiger partial charge in [0, 0.05) is 0 Å². The predicted molar refractivity (Wildman–Crippen MR) is 49.5 cm³/mol. The van der Waals surface area contributed by atoms with Gasteiger partial charge in [-0.3, -0.25) is 0 Å². The molecule has 0 amide bonds. The molecule has 0 aliphatic heterocycles. The number of carboxylic acid groups (broad SMARTS) is 1. The zero-order chi connectivity index (χ0) is 12.5. The van der Waals surface area contributed by atoms with E-state index in [2.05, 4.69) is 4.74 Å². The smallest absolute Gasteiger partial charge is 0.477 e. The van der Waals surface area contributed by atoms with E-state index in [1.54, 1.807) is 0 Å². The normalized spacial score (nSPS) is 11.2. The number of carboxylic acids is 1. The summed E-state index contributed by atoms with van der Waals surface area (Å²) in [5.41, 5.74) is 3.95. The number of ether oxygens (including phenoxy) is 1. The Kier molecular flexibility index (Phi) is 3.18. The first kappa shape index (κ1) is 12.4. The number of aromatic carboxylic acids is 1. The maximum absolute atomic E-state index is 11.9. The van der Waals surface area contributed by atoms with Gasteiger partial charge in [0.2, 0.25) is 0 Å². The molecular formula is C8H5ClF3NO3. The van der Waals surface area contributed by atoms with Gasteiger partial charge in [-0.2, -0.15) is 0 Å². The summed E-state index contributed by atoms with van der Waals surface area (Å²) in [5, 5.41) is 8.52. The third-order valence-corrected chi connectivity index (χ3v) is 1.92. The summed E-state index contributed by atoms with van der Waals surface area (Å²) in [4.78, 5) is 10.7. The SMILES string of the molecule is Nc1c(Cl)ccc(OC(F)(F)F)c1C(=O)O. The summed E-state index contributed by atoms with van der Waals surface area (Å²) >= 11 is 5.48. The first-order chi connectivity index (χ1) is 7.22. The van der Waals surface area contributed by atoms with Gasteiger partial charge in [-0.25, -0.2) is 4.79 Å². The van der Waals surface area contributed by atoms with Crippen LogP contribution < -0.4 is 10.5 Å². The van der Waals surface area contributed by atoms with Crippen LogP contribution in [0.15, 0.2) is 12.1 Å². The van der Waals surface area contributed by atoms with Crippen molar-refractivity contribution in [1.29, 1.82) is 0 Å². The topological polar surface area (TPSA) is 72.5 Å². The fourth-order valence-corrected chi connectivity index (χ4v) is 1.16. The minimum atomic E-state index is -5.00. The lowest BCUT2D eigenvalue weighted by molar-refractivity contribution is -0.274. The van der Waals surface area contributed by atoms with Gasteiger partial charge in [0.1, 0.15) is 11.3 Å². The van der Waals surface area contributed by atoms with Crippen LogP contribution in [0, 0.1) is 0 Å². The lowest BCUT2D eigenvalue weighted by Crippen LogP contribution is -2.19. The molecule has 0 aliphatic rings. The molecule has 88 valence electrons. The van der Waals surface area contributed by atoms with E-state index < -0.39 is 29.3 Å². The molecule has 8 heteroatoms. The molecule has 3 N–H and O–H groups in total. The van der Waals surface area contributed by atoms with Crippen molar-refractivity contribution >= 4 is 23.3 Å². The monoisotopic (exact) mass is 255 g/mol. The average Bonchev–Trinajstić information content (AvgIpc) is 2.08. The van der Waals surface area contributed by atoms with Gasteiger partial charge >= 0.3 is 12.3 Å². The average molecular weight is 256 g/mol. The van der Waals surface area contributed by atoms with Crippen LogP contribution in [0.25, 0.3) is 0 Å². The standard InChI is InChI=1S/C8H5ClF3NO3/c9-3-1-2-4(16-8(10,11)12)5(6(3)13)7(14)15/h1-2H,13H2,(H,14,15). The van der Waals surface area contributed by atoms with Crippen molar-refractivity contribution in [3.8, 4) is 5.75 Å². The van der Waals surface area contributed by atoms with Crippen molar-refractivity contribution in [2.24, 2.45) is 0 Å². The molecular weight excluding hydrogens is 251 g/mol. The Morgan fingerprint density at radius 2 is 2.00 bits per heavy atom. The van der Waals surface area contributed by atoms with Gasteiger partial charge in [-0.05, 0) is 12.1 Å². The molecule has 1 aromatic carbocycles. The van der Waals surface area contributed by atoms with E-state index >= 15 is 0 Å². The van der Waals surface area contributed by atoms with Crippen LogP contribution >= 0.6 is 11.6 Å². The molecule has 0 aliphatic carbocycles. The molecule has 0 spiro atoms. The van der Waals surface area contributed by atoms with Gasteiger partial charge in [0.25, 0.3) is 0 Å². The van der Waals surface area contributed by atoms with E-state index in [0.717, 1.165) is 12.1 Å². The van der Waals surface area contributed by atoms with E-state index in [9.17, 15) is 18.0 Å². The highest BCUT2D eigenvalue weighted by Crippen LogP contribution is 2.34. The van der Waals surface area contributed by atoms with Crippen LogP contribution in [0.4, 0.5) is 18.9 Å². The molecule has 0 atom stereocenters. The Hall–Kier alpha value is -1.63. The Balaban J connectivity index is 3.29. The highest BCUT2D eigenvalue weighted by Gasteiger charge is 2.33. The van der Waals surface area contributed by atoms with Crippen LogP contribution in [-0.2, 0) is 0 Å². The third-order valence-electron chi connectivity index (χ3n) is 1.59. The minimum Gasteiger partial charge on any atom is -0.477 e. The number of alkyl halides is 3. The molecule has 0 heterocycles. The zero-order valence-electron chi connectivity index (χ0n) is 7.51. The predicted octanol–water partition coefficient (Wildman–Crippen LogP) is 2.52. The molecule has 16 heavy (non-hydrogen) atoms. The number of nitrogen functional groups attached to an aromatic ring is 1. The maximum Gasteiger partial charge on any atom is 0.573 e. The summed E-state index contributed by atoms with van der Waals surface area (Å²) in [7, 11) is 0. The molecule has 1 aromatic rings. The highest BCUT2D eigenvalue weighted by atomic mass is 35.5. The zero-order valence-corrected chi connectivity index (χ0v) is 8.26. The van der Waals surface area contributed by atoms with E-state index in [1.165, 1.54) is 0 Å². The van der Waals surface area contributed by atoms with Crippen molar-refractivity contribution < 1.29 is 27.8 Å². The number of benzene rings is 1. The summed E-state index contributed by atoms with van der Waals surface area (Å²) in [5.74, 6) is -2.55. The third kappa shape index (κ3) is 2.69. The molecule has 0 radical (unpaired) electrons. The number of anilines is 1. The number of hydrogen-bond acceptors (Lipinski definition) is 3. The number of halogens is 4. The van der Waals surface area contributed by atoms with Crippen LogP contribution in [0.3, 0.4) is 0 Å². The largest absolute Gasteiger partial charge is 0.573 e. The Morgan fingerprint density at radius 1 is 1.44 bits per heavy atom. The molecule has 0 bridgehead atoms. The molecule has 0 unspecified atom stereocenters. The van der Waals surface area contributed by atoms with Crippen LogP contribution in [-0.4, -0.2) is 17.4 Å². The van der Waals surface area contributed by atoms with E-state index in [4.69, 9.17) is 22.4 Å². The van der Waals surface area contributed by atoms with Gasteiger partial charge < -0.3 is 15.6 Å². The number of nitrogens with two attached hydrogens (primary N) is 1. The number of carbonyl (C=O) groups is 1. The second kappa shape index (κ2) is 4.09. The summed E-state index contributed by atoms with van der Waals surface area (Å²) in [6.07, 6.45) is -5.00. The van der Waals surface area contributed by atoms with Crippen LogP contribution in [0.1, 0.15) is 10.4 Å². The first-order valence-electron chi connectivity index (χ1n) is 3.79. The van der Waals surface area contributed by atoms with Crippen molar-refractivity contribution in [3.05, 3.63) is 22.7 Å². The number of hydrogen-bond donors (Lipinski definition) is 2. The number of rotatable bonds is 2. The Labute approximate surface area is 92.4 Å². The van der Waals surface area contributed by atoms with Crippen molar-refractivity contribution in [2.45, 2.75) is 6.36 Å². The van der Waals surface area contributed by atoms with Crippen LogP contribution in [0.5, 0.6) is 5.75 Å². The summed E-state index contributed by atoms with van der Waals surface area (Å²) in [6, 6.07) is 1.81. The van der Waals surface area contributed by atoms with Crippen LogP contribution in [0.2, 0.25) is 5.02 Å². The lowest BCUT2D eigenvalue weighted by atomic mass is 10.1. The lowest BCUT2D eigenvalue weighted by Gasteiger charge is -2.13. The van der Waals surface area contributed by atoms with Crippen molar-refractivity contribution in [1.82, 2.24) is 0 Å². The molecule has 0 saturated heterocycles. The second-order valence-electron chi connectivity index (χ2n) is 2.69. The van der Waals surface area contributed by atoms with Gasteiger partial charge in [0.15, 0.2) is 0 Å². The Bertz CT molecular complexity index is 433. The van der Waals surface area contributed by atoms with E-state index in [0.29, 0.717) is 0 Å². The van der Waals surface area contributed by atoms with E-state index in [-0.39, 0.29) is 5.02 Å². The summed E-state index contributed by atoms with van der Waals surface area (Å²) < 4.78 is 39.3. The Morgan fingerprint density at radius 3 is 2.44 bits per heavy atom. The molecule has 1 rings (SSSR count). The van der Waals surface area contributed by atoms with Gasteiger partial charge in [-0.1, -0.05) is 11.6 Å². The highest BCUT2D eigenvalue weighted by molar-refractivity contribution is 6.34. The van der Waals surface area contributed by atoms with Crippen molar-refractivity contribution in [3.63, 3.8) is 0 Å². The van der Waals surface area contributed by atoms with E-state index in [1.807, 2.05) is 0 Å². The molecule has 0 aromatic heterocycles. The maximum atomic E-state index is 11.9. The fraction of sp³-hybridized carbons (Fsp3) is 0.125. The first-order valence-corrected chi connectivity index (χ1v) is 4.17. The fourth-order valence-electron chi connectivity index (χ4n) is 1.00. The minimum absolute atomic E-state index is 0.160. The van der Waals surface area contributed by atoms with Gasteiger partial charge in [0.05, 0.1) is 10.7 Å². The molecule has 0 saturated carbocycles. The van der Waals surface area contributed by atoms with Gasteiger partial charge in [-0.15, -0.1) is 13.2 Å². The summed E-state index contributed by atoms with van der Waals surface area (Å²) in [6.45, 7) is 0. The molecule has 4 nitrogen and oxygen atoms in total. The van der Waals surface area contributed by atoms with Crippen molar-refractivity contribution in [2.75, 3.05) is 5.73 Å². The molecule has 0 fully saturated rings. The quantitative estimate of drug-likeness (QED) is 0.797. The second-order valence-corrected chi connectivity index (χ2v) is 3.09.